The Hall–Kier alpha value is -1.66. The van der Waals surface area contributed by atoms with Crippen molar-refractivity contribution in [3.05, 3.63) is 29.8 Å². The summed E-state index contributed by atoms with van der Waals surface area (Å²) in [4.78, 5) is 12.2. The van der Waals surface area contributed by atoms with Gasteiger partial charge in [0.25, 0.3) is 5.91 Å². The molecule has 0 aliphatic heterocycles. The molecule has 3 N–H and O–H groups in total. The second-order valence-corrected chi connectivity index (χ2v) is 5.55. The Morgan fingerprint density at radius 1 is 1.38 bits per heavy atom. The standard InChI is InChI=1S/C15H20N2O3S/c1-19-13-7-4-11(8-13)17-14(18)9-20-12-5-2-10(3-6-12)15(16)21/h2-3,5-6,11,13H,4,7-9H2,1H3,(H2,16,21)(H,17,18). The van der Waals surface area contributed by atoms with Crippen molar-refractivity contribution in [1.29, 1.82) is 0 Å². The number of benzene rings is 1. The number of thiocarbonyl (C=S) groups is 1. The van der Waals surface area contributed by atoms with Gasteiger partial charge in [-0.25, -0.2) is 0 Å². The van der Waals surface area contributed by atoms with Crippen LogP contribution in [0, 0.1) is 0 Å². The van der Waals surface area contributed by atoms with E-state index in [2.05, 4.69) is 5.32 Å². The molecule has 0 spiro atoms. The van der Waals surface area contributed by atoms with Gasteiger partial charge in [0.2, 0.25) is 0 Å². The fraction of sp³-hybridized carbons (Fsp3) is 0.467. The van der Waals surface area contributed by atoms with Crippen molar-refractivity contribution in [1.82, 2.24) is 5.32 Å². The minimum atomic E-state index is -0.116. The van der Waals surface area contributed by atoms with E-state index in [1.807, 2.05) is 0 Å². The zero-order valence-corrected chi connectivity index (χ0v) is 12.8. The fourth-order valence-corrected chi connectivity index (χ4v) is 2.56. The molecule has 1 aliphatic rings. The Kier molecular flexibility index (Phi) is 5.52. The molecule has 0 bridgehead atoms. The van der Waals surface area contributed by atoms with Crippen LogP contribution in [0.2, 0.25) is 0 Å². The summed E-state index contributed by atoms with van der Waals surface area (Å²) in [5.41, 5.74) is 6.29. The molecule has 1 saturated carbocycles. The van der Waals surface area contributed by atoms with Crippen LogP contribution >= 0.6 is 12.2 Å². The predicted octanol–water partition coefficient (Wildman–Crippen LogP) is 1.38. The first-order valence-electron chi connectivity index (χ1n) is 6.93. The summed E-state index contributed by atoms with van der Waals surface area (Å²) < 4.78 is 10.7. The van der Waals surface area contributed by atoms with E-state index >= 15 is 0 Å². The molecule has 0 radical (unpaired) electrons. The third-order valence-corrected chi connectivity index (χ3v) is 3.83. The number of carbonyl (C=O) groups is 1. The van der Waals surface area contributed by atoms with Crippen LogP contribution in [-0.4, -0.2) is 36.8 Å². The molecular weight excluding hydrogens is 288 g/mol. The van der Waals surface area contributed by atoms with Crippen molar-refractivity contribution >= 4 is 23.1 Å². The van der Waals surface area contributed by atoms with Crippen LogP contribution in [0.25, 0.3) is 0 Å². The maximum atomic E-state index is 11.8. The van der Waals surface area contributed by atoms with Crippen LogP contribution in [0.3, 0.4) is 0 Å². The molecule has 0 heterocycles. The topological polar surface area (TPSA) is 73.6 Å². The number of methoxy groups -OCH3 is 1. The first-order chi connectivity index (χ1) is 10.1. The Balaban J connectivity index is 1.75. The minimum Gasteiger partial charge on any atom is -0.484 e. The average Bonchev–Trinajstić information content (AvgIpc) is 2.93. The lowest BCUT2D eigenvalue weighted by atomic mass is 10.2. The van der Waals surface area contributed by atoms with Crippen molar-refractivity contribution < 1.29 is 14.3 Å². The van der Waals surface area contributed by atoms with Crippen molar-refractivity contribution in [2.24, 2.45) is 5.73 Å². The maximum absolute atomic E-state index is 11.8. The lowest BCUT2D eigenvalue weighted by molar-refractivity contribution is -0.123. The SMILES string of the molecule is COC1CCC(NC(=O)COc2ccc(C(N)=S)cc2)C1. The van der Waals surface area contributed by atoms with Crippen LogP contribution in [0.5, 0.6) is 5.75 Å². The number of amides is 1. The smallest absolute Gasteiger partial charge is 0.258 e. The van der Waals surface area contributed by atoms with E-state index in [1.165, 1.54) is 0 Å². The molecule has 1 fully saturated rings. The van der Waals surface area contributed by atoms with E-state index in [0.717, 1.165) is 24.8 Å². The number of hydrogen-bond donors (Lipinski definition) is 2. The van der Waals surface area contributed by atoms with Gasteiger partial charge in [0.15, 0.2) is 6.61 Å². The fourth-order valence-electron chi connectivity index (χ4n) is 2.42. The van der Waals surface area contributed by atoms with Crippen LogP contribution in [0.1, 0.15) is 24.8 Å². The first-order valence-corrected chi connectivity index (χ1v) is 7.34. The van der Waals surface area contributed by atoms with Crippen LogP contribution in [0.15, 0.2) is 24.3 Å². The van der Waals surface area contributed by atoms with E-state index in [4.69, 9.17) is 27.4 Å². The Morgan fingerprint density at radius 3 is 2.67 bits per heavy atom. The molecule has 0 saturated heterocycles. The summed E-state index contributed by atoms with van der Waals surface area (Å²) in [6.07, 6.45) is 3.06. The van der Waals surface area contributed by atoms with Gasteiger partial charge in [-0.3, -0.25) is 4.79 Å². The van der Waals surface area contributed by atoms with Gasteiger partial charge >= 0.3 is 0 Å². The van der Waals surface area contributed by atoms with Gasteiger partial charge in [-0.2, -0.15) is 0 Å². The number of ether oxygens (including phenoxy) is 2. The van der Waals surface area contributed by atoms with E-state index < -0.39 is 0 Å². The largest absolute Gasteiger partial charge is 0.484 e. The molecule has 1 aromatic carbocycles. The molecule has 1 aliphatic carbocycles. The van der Waals surface area contributed by atoms with E-state index in [-0.39, 0.29) is 24.7 Å². The molecule has 2 rings (SSSR count). The van der Waals surface area contributed by atoms with E-state index in [0.29, 0.717) is 10.7 Å². The summed E-state index contributed by atoms with van der Waals surface area (Å²) in [7, 11) is 1.70. The molecule has 2 unspecified atom stereocenters. The molecule has 21 heavy (non-hydrogen) atoms. The molecule has 2 atom stereocenters. The van der Waals surface area contributed by atoms with Crippen molar-refractivity contribution in [2.45, 2.75) is 31.4 Å². The van der Waals surface area contributed by atoms with Crippen LogP contribution in [-0.2, 0) is 9.53 Å². The maximum Gasteiger partial charge on any atom is 0.258 e. The molecule has 5 nitrogen and oxygen atoms in total. The summed E-state index contributed by atoms with van der Waals surface area (Å²) in [6.45, 7) is 0.000562. The second kappa shape index (κ2) is 7.38. The van der Waals surface area contributed by atoms with Gasteiger partial charge < -0.3 is 20.5 Å². The lowest BCUT2D eigenvalue weighted by Crippen LogP contribution is -2.36. The van der Waals surface area contributed by atoms with E-state index in [9.17, 15) is 4.79 Å². The Bertz CT molecular complexity index is 504. The zero-order chi connectivity index (χ0) is 15.2. The van der Waals surface area contributed by atoms with Crippen molar-refractivity contribution in [3.8, 4) is 5.75 Å². The Morgan fingerprint density at radius 2 is 2.10 bits per heavy atom. The first kappa shape index (κ1) is 15.7. The molecule has 114 valence electrons. The summed E-state index contributed by atoms with van der Waals surface area (Å²) in [6, 6.07) is 7.23. The number of carbonyl (C=O) groups excluding carboxylic acids is 1. The summed E-state index contributed by atoms with van der Waals surface area (Å²) in [5.74, 6) is 0.501. The average molecular weight is 308 g/mol. The van der Waals surface area contributed by atoms with Crippen molar-refractivity contribution in [2.75, 3.05) is 13.7 Å². The van der Waals surface area contributed by atoms with Gasteiger partial charge in [0.05, 0.1) is 6.10 Å². The Labute approximate surface area is 129 Å². The van der Waals surface area contributed by atoms with Gasteiger partial charge in [-0.15, -0.1) is 0 Å². The highest BCUT2D eigenvalue weighted by Gasteiger charge is 2.25. The number of rotatable bonds is 6. The van der Waals surface area contributed by atoms with Crippen LogP contribution in [0.4, 0.5) is 0 Å². The molecular formula is C15H20N2O3S. The molecule has 6 heteroatoms. The number of hydrogen-bond acceptors (Lipinski definition) is 4. The highest BCUT2D eigenvalue weighted by atomic mass is 32.1. The predicted molar refractivity (Wildman–Crippen MR) is 84.4 cm³/mol. The van der Waals surface area contributed by atoms with Crippen LogP contribution < -0.4 is 15.8 Å². The highest BCUT2D eigenvalue weighted by Crippen LogP contribution is 2.21. The number of nitrogens with two attached hydrogens (primary N) is 1. The normalized spacial score (nSPS) is 21.0. The molecule has 1 aromatic rings. The molecule has 1 amide bonds. The lowest BCUT2D eigenvalue weighted by Gasteiger charge is -2.13. The second-order valence-electron chi connectivity index (χ2n) is 5.11. The van der Waals surface area contributed by atoms with Gasteiger partial charge in [-0.05, 0) is 43.5 Å². The third-order valence-electron chi connectivity index (χ3n) is 3.59. The van der Waals surface area contributed by atoms with Gasteiger partial charge in [0.1, 0.15) is 10.7 Å². The minimum absolute atomic E-state index is 0.000562. The summed E-state index contributed by atoms with van der Waals surface area (Å²) in [5, 5.41) is 2.96. The number of nitrogens with one attached hydrogen (secondary N) is 1. The summed E-state index contributed by atoms with van der Waals surface area (Å²) >= 11 is 4.87. The zero-order valence-electron chi connectivity index (χ0n) is 12.0. The van der Waals surface area contributed by atoms with E-state index in [1.54, 1.807) is 31.4 Å². The quantitative estimate of drug-likeness (QED) is 0.777. The third kappa shape index (κ3) is 4.68. The van der Waals surface area contributed by atoms with Gasteiger partial charge in [0, 0.05) is 18.7 Å². The van der Waals surface area contributed by atoms with Crippen molar-refractivity contribution in [3.63, 3.8) is 0 Å². The molecule has 0 aromatic heterocycles. The van der Waals surface area contributed by atoms with Gasteiger partial charge in [-0.1, -0.05) is 12.2 Å². The highest BCUT2D eigenvalue weighted by molar-refractivity contribution is 7.80. The monoisotopic (exact) mass is 308 g/mol.